The van der Waals surface area contributed by atoms with E-state index < -0.39 is 36.3 Å². The first-order valence-corrected chi connectivity index (χ1v) is 13.1. The molecule has 2 N–H and O–H groups in total. The number of methoxy groups -OCH3 is 2. The minimum Gasteiger partial charge on any atom is -0.497 e. The lowest BCUT2D eigenvalue weighted by molar-refractivity contribution is -0.156. The van der Waals surface area contributed by atoms with Crippen molar-refractivity contribution in [3.05, 3.63) is 53.1 Å². The van der Waals surface area contributed by atoms with Crippen molar-refractivity contribution in [2.45, 2.75) is 85.2 Å². The van der Waals surface area contributed by atoms with Gasteiger partial charge in [-0.05, 0) is 49.1 Å². The number of carbonyl (C=O) groups excluding carboxylic acids is 1. The van der Waals surface area contributed by atoms with Crippen LogP contribution in [0.1, 0.15) is 65.9 Å². The number of hydrogen-bond acceptors (Lipinski definition) is 4. The third-order valence-electron chi connectivity index (χ3n) is 5.29. The second-order valence-electron chi connectivity index (χ2n) is 9.16. The molecule has 1 rings (SSSR count). The molecule has 0 aliphatic rings. The van der Waals surface area contributed by atoms with E-state index in [2.05, 4.69) is 29.2 Å². The molecule has 0 aliphatic heterocycles. The molecule has 0 bridgehead atoms. The molecule has 1 aromatic carbocycles. The predicted octanol–water partition coefficient (Wildman–Crippen LogP) is 7.77. The summed E-state index contributed by atoms with van der Waals surface area (Å²) in [7, 11) is 4.83. The summed E-state index contributed by atoms with van der Waals surface area (Å²) < 4.78 is 86.5. The molecule has 0 saturated heterocycles. The van der Waals surface area contributed by atoms with E-state index in [9.17, 15) is 31.1 Å². The number of allylic oxidation sites excluding steroid dienone is 2. The van der Waals surface area contributed by atoms with Gasteiger partial charge in [-0.1, -0.05) is 52.3 Å². The van der Waals surface area contributed by atoms with Crippen molar-refractivity contribution in [1.29, 1.82) is 0 Å². The Hall–Kier alpha value is -2.53. The molecule has 5 nitrogen and oxygen atoms in total. The second-order valence-corrected chi connectivity index (χ2v) is 9.16. The summed E-state index contributed by atoms with van der Waals surface area (Å²) in [5.74, 6) is -1.66. The minimum absolute atomic E-state index is 0.0143. The van der Waals surface area contributed by atoms with Crippen molar-refractivity contribution in [2.75, 3.05) is 27.9 Å². The quantitative estimate of drug-likeness (QED) is 0.195. The molecule has 11 heteroatoms. The van der Waals surface area contributed by atoms with Gasteiger partial charge in [0.25, 0.3) is 0 Å². The van der Waals surface area contributed by atoms with Crippen LogP contribution in [0.2, 0.25) is 0 Å². The highest BCUT2D eigenvalue weighted by Gasteiger charge is 2.35. The van der Waals surface area contributed by atoms with Crippen LogP contribution in [0.25, 0.3) is 0 Å². The fourth-order valence-corrected chi connectivity index (χ4v) is 2.98. The van der Waals surface area contributed by atoms with Crippen LogP contribution in [-0.2, 0) is 16.1 Å². The molecule has 0 fully saturated rings. The Morgan fingerprint density at radius 3 is 1.95 bits per heavy atom. The monoisotopic (exact) mass is 584 g/mol. The molecule has 0 spiro atoms. The zero-order valence-electron chi connectivity index (χ0n) is 24.9. The van der Waals surface area contributed by atoms with E-state index in [1.807, 2.05) is 31.2 Å². The van der Waals surface area contributed by atoms with Gasteiger partial charge in [0.2, 0.25) is 5.91 Å². The van der Waals surface area contributed by atoms with Gasteiger partial charge in [-0.25, -0.2) is 0 Å². The van der Waals surface area contributed by atoms with Gasteiger partial charge in [-0.15, -0.1) is 0 Å². The number of ether oxygens (including phenoxy) is 2. The molecular weight excluding hydrogens is 538 g/mol. The molecule has 0 heterocycles. The summed E-state index contributed by atoms with van der Waals surface area (Å²) in [4.78, 5) is 12.2. The highest BCUT2D eigenvalue weighted by molar-refractivity contribution is 5.76. The highest BCUT2D eigenvalue weighted by Crippen LogP contribution is 2.30. The van der Waals surface area contributed by atoms with Gasteiger partial charge in [0.05, 0.1) is 13.0 Å². The average Bonchev–Trinajstić information content (AvgIpc) is 2.87. The maximum Gasteiger partial charge on any atom is 0.412 e. The van der Waals surface area contributed by atoms with Gasteiger partial charge in [-0.3, -0.25) is 4.79 Å². The average molecular weight is 585 g/mol. The topological polar surface area (TPSA) is 59.6 Å². The third-order valence-corrected chi connectivity index (χ3v) is 5.29. The molecule has 2 unspecified atom stereocenters. The lowest BCUT2D eigenvalue weighted by Crippen LogP contribution is -2.31. The first kappa shape index (κ1) is 39.6. The van der Waals surface area contributed by atoms with Gasteiger partial charge in [0, 0.05) is 45.3 Å². The lowest BCUT2D eigenvalue weighted by Gasteiger charge is -2.18. The fraction of sp³-hybridized carbons (Fsp3) is 0.621. The smallest absolute Gasteiger partial charge is 0.412 e. The summed E-state index contributed by atoms with van der Waals surface area (Å²) in [6.45, 7) is 7.97. The van der Waals surface area contributed by atoms with Gasteiger partial charge in [-0.2, -0.15) is 26.3 Å². The zero-order valence-corrected chi connectivity index (χ0v) is 24.9. The maximum absolute atomic E-state index is 12.9. The number of halogens is 6. The van der Waals surface area contributed by atoms with Gasteiger partial charge < -0.3 is 20.1 Å². The maximum atomic E-state index is 12.9. The summed E-state index contributed by atoms with van der Waals surface area (Å²) in [5.41, 5.74) is -0.266. The molecule has 0 aromatic heterocycles. The lowest BCUT2D eigenvalue weighted by atomic mass is 10.0. The van der Waals surface area contributed by atoms with Crippen LogP contribution in [0.5, 0.6) is 5.75 Å². The number of nitrogens with one attached hydrogen (secondary N) is 2. The Balaban J connectivity index is 0. The van der Waals surface area contributed by atoms with Crippen LogP contribution in [0.3, 0.4) is 0 Å². The number of carbonyl (C=O) groups is 1. The Morgan fingerprint density at radius 1 is 1.00 bits per heavy atom. The Morgan fingerprint density at radius 2 is 1.52 bits per heavy atom. The van der Waals surface area contributed by atoms with Crippen LogP contribution < -0.4 is 15.4 Å². The van der Waals surface area contributed by atoms with Gasteiger partial charge in [0.15, 0.2) is 0 Å². The highest BCUT2D eigenvalue weighted by atomic mass is 19.4. The number of alkyl halides is 6. The number of amides is 1. The summed E-state index contributed by atoms with van der Waals surface area (Å²) in [5, 5.41) is 5.77. The summed E-state index contributed by atoms with van der Waals surface area (Å²) in [6.07, 6.45) is -5.40. The first-order chi connectivity index (χ1) is 18.6. The van der Waals surface area contributed by atoms with Gasteiger partial charge >= 0.3 is 12.4 Å². The number of rotatable bonds is 12. The molecule has 232 valence electrons. The molecular formula is C29H46F6N2O3. The van der Waals surface area contributed by atoms with Crippen molar-refractivity contribution in [3.63, 3.8) is 0 Å². The van der Waals surface area contributed by atoms with Gasteiger partial charge in [0.1, 0.15) is 5.75 Å². The van der Waals surface area contributed by atoms with Crippen molar-refractivity contribution >= 4 is 5.91 Å². The molecule has 2 atom stereocenters. The Kier molecular flexibility index (Phi) is 21.0. The Labute approximate surface area is 235 Å². The largest absolute Gasteiger partial charge is 0.497 e. The van der Waals surface area contributed by atoms with E-state index >= 15 is 0 Å². The normalized spacial score (nSPS) is 13.8. The fourth-order valence-electron chi connectivity index (χ4n) is 2.98. The van der Waals surface area contributed by atoms with E-state index in [-0.39, 0.29) is 18.0 Å². The predicted molar refractivity (Wildman–Crippen MR) is 148 cm³/mol. The SMILES string of the molecule is CCC.CCC(CCC(=O)NCC(=C/C(C)C(F)(F)F)/C=C(\C)C(F)(F)F)NCc1ccc(OC)cc1.COC. The molecule has 0 aliphatic carbocycles. The molecule has 1 amide bonds. The minimum atomic E-state index is -4.67. The van der Waals surface area contributed by atoms with Crippen LogP contribution >= 0.6 is 0 Å². The van der Waals surface area contributed by atoms with Crippen LogP contribution in [0.15, 0.2) is 47.6 Å². The first-order valence-electron chi connectivity index (χ1n) is 13.1. The van der Waals surface area contributed by atoms with E-state index in [1.54, 1.807) is 21.3 Å². The number of hydrogen-bond donors (Lipinski definition) is 2. The Bertz CT molecular complexity index is 864. The number of benzene rings is 1. The van der Waals surface area contributed by atoms with Crippen molar-refractivity contribution in [3.8, 4) is 5.75 Å². The molecule has 0 saturated carbocycles. The van der Waals surface area contributed by atoms with E-state index in [4.69, 9.17) is 4.74 Å². The second kappa shape index (κ2) is 21.2. The zero-order chi connectivity index (χ0) is 31.4. The molecule has 1 aromatic rings. The summed E-state index contributed by atoms with van der Waals surface area (Å²) in [6, 6.07) is 7.52. The van der Waals surface area contributed by atoms with Crippen molar-refractivity contribution < 1.29 is 40.6 Å². The standard InChI is InChI=1S/C24H32F6N2O2.C3H8.C2H6O/c1-5-20(31-14-18-6-9-21(34-4)10-7-18)8-11-22(33)32-15-19(12-16(2)23(25,26)27)13-17(3)24(28,29)30;2*1-3-2/h6-7,9-10,12-13,16,20,31H,5,8,11,14-15H2,1-4H3,(H,32,33);3H2,1-2H3;1-2H3/b17-13+,19-12+;;. The van der Waals surface area contributed by atoms with E-state index in [0.717, 1.165) is 31.6 Å². The third kappa shape index (κ3) is 19.5. The van der Waals surface area contributed by atoms with Crippen molar-refractivity contribution in [1.82, 2.24) is 10.6 Å². The summed E-state index contributed by atoms with van der Waals surface area (Å²) >= 11 is 0. The van der Waals surface area contributed by atoms with Crippen LogP contribution in [0.4, 0.5) is 26.3 Å². The van der Waals surface area contributed by atoms with Crippen molar-refractivity contribution in [2.24, 2.45) is 5.92 Å². The van der Waals surface area contributed by atoms with E-state index in [0.29, 0.717) is 25.1 Å². The molecule has 0 radical (unpaired) electrons. The molecule has 40 heavy (non-hydrogen) atoms. The van der Waals surface area contributed by atoms with Crippen LogP contribution in [-0.4, -0.2) is 52.2 Å². The van der Waals surface area contributed by atoms with E-state index in [1.165, 1.54) is 6.42 Å². The van der Waals surface area contributed by atoms with Crippen LogP contribution in [0, 0.1) is 5.92 Å².